The molecule has 164 valence electrons. The van der Waals surface area contributed by atoms with Crippen LogP contribution < -0.4 is 28.0 Å². The van der Waals surface area contributed by atoms with Gasteiger partial charge in [-0.15, -0.1) is 0 Å². The van der Waals surface area contributed by atoms with Crippen LogP contribution in [0.25, 0.3) is 0 Å². The first-order chi connectivity index (χ1) is 14.1. The number of amides is 1. The van der Waals surface area contributed by atoms with Crippen LogP contribution in [0.1, 0.15) is 19.1 Å². The Hall–Kier alpha value is -3.45. The summed E-state index contributed by atoms with van der Waals surface area (Å²) in [5.41, 5.74) is 9.90. The van der Waals surface area contributed by atoms with Crippen LogP contribution in [0.2, 0.25) is 0 Å². The lowest BCUT2D eigenvalue weighted by Crippen LogP contribution is -2.51. The number of hydrogen-bond donors (Lipinski definition) is 6. The van der Waals surface area contributed by atoms with Crippen LogP contribution in [-0.4, -0.2) is 69.2 Å². The molecule has 2 rings (SSSR count). The summed E-state index contributed by atoms with van der Waals surface area (Å²) in [5.74, 6) is -1.92. The van der Waals surface area contributed by atoms with Crippen LogP contribution in [0.4, 0.5) is 0 Å². The summed E-state index contributed by atoms with van der Waals surface area (Å²) < 4.78 is 6.46. The van der Waals surface area contributed by atoms with Crippen LogP contribution in [0, 0.1) is 5.41 Å². The third-order valence-corrected chi connectivity index (χ3v) is 4.49. The minimum absolute atomic E-state index is 0.0643. The third-order valence-electron chi connectivity index (χ3n) is 4.49. The van der Waals surface area contributed by atoms with Gasteiger partial charge in [0, 0.05) is 38.3 Å². The van der Waals surface area contributed by atoms with E-state index in [9.17, 15) is 24.3 Å². The summed E-state index contributed by atoms with van der Waals surface area (Å²) in [6.07, 6.45) is 1.83. The van der Waals surface area contributed by atoms with Crippen molar-refractivity contribution in [1.82, 2.24) is 19.8 Å². The Morgan fingerprint density at radius 2 is 2.13 bits per heavy atom. The summed E-state index contributed by atoms with van der Waals surface area (Å²) in [6.45, 7) is 0.392. The minimum Gasteiger partial charge on any atom is -0.479 e. The minimum atomic E-state index is -1.46. The lowest BCUT2D eigenvalue weighted by atomic mass is 10.1. The van der Waals surface area contributed by atoms with Crippen molar-refractivity contribution in [3.63, 3.8) is 0 Å². The lowest BCUT2D eigenvalue weighted by molar-refractivity contribution is -0.159. The van der Waals surface area contributed by atoms with E-state index in [4.69, 9.17) is 21.6 Å². The smallest absolute Gasteiger partial charge is 0.335 e. The molecule has 0 spiro atoms. The van der Waals surface area contributed by atoms with Gasteiger partial charge in [-0.1, -0.05) is 6.08 Å². The predicted molar refractivity (Wildman–Crippen MR) is 106 cm³/mol. The number of H-pyrrole nitrogens is 1. The SMILES string of the molecule is CN(CCC(N)CC(=O)NC1C=CC(n2ccc(=O)[nH]c2=O)OC1C(=O)O)C(=N)N. The number of carboxylic acids is 1. The Morgan fingerprint density at radius 3 is 2.73 bits per heavy atom. The Morgan fingerprint density at radius 1 is 1.43 bits per heavy atom. The molecule has 2 heterocycles. The van der Waals surface area contributed by atoms with Gasteiger partial charge in [0.25, 0.3) is 5.56 Å². The maximum atomic E-state index is 12.3. The summed E-state index contributed by atoms with van der Waals surface area (Å²) in [5, 5.41) is 19.3. The van der Waals surface area contributed by atoms with Crippen molar-refractivity contribution in [3.05, 3.63) is 45.3 Å². The first-order valence-electron chi connectivity index (χ1n) is 9.06. The number of guanidine groups is 1. The number of carboxylic acid groups (broad SMARTS) is 1. The molecule has 1 aromatic heterocycles. The normalized spacial score (nSPS) is 21.6. The van der Waals surface area contributed by atoms with E-state index in [1.54, 1.807) is 7.05 Å². The molecule has 13 heteroatoms. The average molecular weight is 423 g/mol. The van der Waals surface area contributed by atoms with Gasteiger partial charge in [0.2, 0.25) is 5.91 Å². The predicted octanol–water partition coefficient (Wildman–Crippen LogP) is -2.51. The van der Waals surface area contributed by atoms with E-state index in [0.717, 1.165) is 10.6 Å². The summed E-state index contributed by atoms with van der Waals surface area (Å²) >= 11 is 0. The second-order valence-electron chi connectivity index (χ2n) is 6.84. The number of nitrogens with one attached hydrogen (secondary N) is 3. The zero-order valence-corrected chi connectivity index (χ0v) is 16.3. The summed E-state index contributed by atoms with van der Waals surface area (Å²) in [6, 6.07) is -0.388. The van der Waals surface area contributed by atoms with Gasteiger partial charge < -0.3 is 31.5 Å². The number of nitrogens with two attached hydrogens (primary N) is 2. The van der Waals surface area contributed by atoms with E-state index in [1.807, 2.05) is 0 Å². The number of carbonyl (C=O) groups is 2. The van der Waals surface area contributed by atoms with Crippen LogP contribution in [-0.2, 0) is 14.3 Å². The summed E-state index contributed by atoms with van der Waals surface area (Å²) in [7, 11) is 1.63. The third kappa shape index (κ3) is 6.02. The van der Waals surface area contributed by atoms with Crippen molar-refractivity contribution < 1.29 is 19.4 Å². The van der Waals surface area contributed by atoms with E-state index in [-0.39, 0.29) is 12.4 Å². The van der Waals surface area contributed by atoms with Gasteiger partial charge in [0.1, 0.15) is 0 Å². The molecule has 4 atom stereocenters. The number of aliphatic carboxylic acids is 1. The number of hydrogen-bond acceptors (Lipinski definition) is 7. The maximum absolute atomic E-state index is 12.3. The first-order valence-corrected chi connectivity index (χ1v) is 9.06. The highest BCUT2D eigenvalue weighted by atomic mass is 16.5. The van der Waals surface area contributed by atoms with Gasteiger partial charge >= 0.3 is 11.7 Å². The van der Waals surface area contributed by atoms with Crippen molar-refractivity contribution >= 4 is 17.8 Å². The number of rotatable bonds is 8. The molecule has 30 heavy (non-hydrogen) atoms. The number of nitrogens with zero attached hydrogens (tertiary/aromatic N) is 2. The summed E-state index contributed by atoms with van der Waals surface area (Å²) in [4.78, 5) is 50.5. The van der Waals surface area contributed by atoms with E-state index in [0.29, 0.717) is 13.0 Å². The molecule has 0 fully saturated rings. The Balaban J connectivity index is 2.01. The van der Waals surface area contributed by atoms with Crippen LogP contribution in [0.3, 0.4) is 0 Å². The molecule has 0 aliphatic carbocycles. The fraction of sp³-hybridized carbons (Fsp3) is 0.471. The highest BCUT2D eigenvalue weighted by Gasteiger charge is 2.35. The number of carbonyl (C=O) groups excluding carboxylic acids is 1. The zero-order chi connectivity index (χ0) is 22.4. The van der Waals surface area contributed by atoms with Gasteiger partial charge in [0.05, 0.1) is 6.04 Å². The van der Waals surface area contributed by atoms with E-state index in [1.165, 1.54) is 23.2 Å². The Kier molecular flexibility index (Phi) is 7.49. The zero-order valence-electron chi connectivity index (χ0n) is 16.3. The topological polar surface area (TPSA) is 210 Å². The Labute approximate surface area is 170 Å². The highest BCUT2D eigenvalue weighted by Crippen LogP contribution is 2.20. The molecule has 1 amide bonds. The second kappa shape index (κ2) is 9.84. The van der Waals surface area contributed by atoms with Crippen molar-refractivity contribution in [2.24, 2.45) is 11.5 Å². The largest absolute Gasteiger partial charge is 0.479 e. The van der Waals surface area contributed by atoms with Crippen molar-refractivity contribution in [3.8, 4) is 0 Å². The molecule has 1 aromatic rings. The molecule has 1 aliphatic rings. The molecular formula is C17H25N7O6. The van der Waals surface area contributed by atoms with Crippen LogP contribution in [0.15, 0.2) is 34.0 Å². The van der Waals surface area contributed by atoms with Gasteiger partial charge in [-0.2, -0.15) is 0 Å². The van der Waals surface area contributed by atoms with Gasteiger partial charge in [-0.05, 0) is 12.5 Å². The molecule has 0 aromatic carbocycles. The van der Waals surface area contributed by atoms with Gasteiger partial charge in [-0.25, -0.2) is 9.59 Å². The molecule has 4 unspecified atom stereocenters. The Bertz CT molecular complexity index is 939. The van der Waals surface area contributed by atoms with Crippen LogP contribution in [0.5, 0.6) is 0 Å². The van der Waals surface area contributed by atoms with Crippen LogP contribution >= 0.6 is 0 Å². The fourth-order valence-corrected chi connectivity index (χ4v) is 2.78. The number of aromatic nitrogens is 2. The van der Waals surface area contributed by atoms with Gasteiger partial charge in [0.15, 0.2) is 18.3 Å². The quantitative estimate of drug-likeness (QED) is 0.148. The monoisotopic (exact) mass is 423 g/mol. The first kappa shape index (κ1) is 22.8. The van der Waals surface area contributed by atoms with Crippen molar-refractivity contribution in [1.29, 1.82) is 5.41 Å². The molecule has 0 saturated carbocycles. The number of ether oxygens (including phenoxy) is 1. The molecule has 0 saturated heterocycles. The second-order valence-corrected chi connectivity index (χ2v) is 6.84. The van der Waals surface area contributed by atoms with E-state index in [2.05, 4.69) is 10.3 Å². The maximum Gasteiger partial charge on any atom is 0.335 e. The fourth-order valence-electron chi connectivity index (χ4n) is 2.78. The molecular weight excluding hydrogens is 398 g/mol. The average Bonchev–Trinajstić information content (AvgIpc) is 2.66. The number of aromatic amines is 1. The molecule has 1 aliphatic heterocycles. The molecule has 0 radical (unpaired) electrons. The van der Waals surface area contributed by atoms with Gasteiger partial charge in [-0.3, -0.25) is 24.5 Å². The standard InChI is InChI=1S/C17H25N7O6/c1-23(16(19)20)6-4-9(18)8-12(26)21-10-2-3-13(30-14(10)15(27)28)24-7-5-11(25)22-17(24)29/h2-3,5,7,9-10,13-14H,4,6,8,18H2,1H3,(H3,19,20)(H,21,26)(H,27,28)(H,22,25,29). The lowest BCUT2D eigenvalue weighted by Gasteiger charge is -2.31. The van der Waals surface area contributed by atoms with E-state index >= 15 is 0 Å². The van der Waals surface area contributed by atoms with Crippen molar-refractivity contribution in [2.45, 2.75) is 37.3 Å². The van der Waals surface area contributed by atoms with E-state index < -0.39 is 47.5 Å². The molecule has 0 bridgehead atoms. The van der Waals surface area contributed by atoms with Crippen molar-refractivity contribution in [2.75, 3.05) is 13.6 Å². The molecule has 8 N–H and O–H groups in total. The molecule has 13 nitrogen and oxygen atoms in total. The highest BCUT2D eigenvalue weighted by molar-refractivity contribution is 5.80.